The van der Waals surface area contributed by atoms with E-state index >= 15 is 0 Å². The molecule has 0 radical (unpaired) electrons. The number of rotatable bonds is 4. The van der Waals surface area contributed by atoms with E-state index in [1.165, 1.54) is 0 Å². The molecule has 3 nitrogen and oxygen atoms in total. The average molecular weight is 269 g/mol. The molecule has 0 bridgehead atoms. The molecule has 0 fully saturated rings. The van der Waals surface area contributed by atoms with Gasteiger partial charge < -0.3 is 15.2 Å². The lowest BCUT2D eigenvalue weighted by atomic mass is 10.1. The summed E-state index contributed by atoms with van der Waals surface area (Å²) in [5.41, 5.74) is 4.33. The van der Waals surface area contributed by atoms with Crippen molar-refractivity contribution in [1.29, 1.82) is 0 Å². The molecule has 0 spiro atoms. The molecule has 2 aromatic rings. The van der Waals surface area contributed by atoms with E-state index in [4.69, 9.17) is 4.74 Å². The maximum atomic E-state index is 9.92. The second-order valence-electron chi connectivity index (χ2n) is 4.83. The molecule has 0 amide bonds. The van der Waals surface area contributed by atoms with E-state index in [1.807, 2.05) is 44.2 Å². The standard InChI is InChI=1S/C17H19NO2/c1-11-6-8-16(19)14(9-11)13(3)18-15-7-5-12(2)10-17(15)20-4/h5-10,18-19H,3H2,1-2,4H3. The average Bonchev–Trinajstić information content (AvgIpc) is 2.43. The molecular weight excluding hydrogens is 250 g/mol. The molecule has 2 N–H and O–H groups in total. The predicted octanol–water partition coefficient (Wildman–Crippen LogP) is 4.10. The molecule has 0 saturated carbocycles. The summed E-state index contributed by atoms with van der Waals surface area (Å²) in [4.78, 5) is 0. The Kier molecular flexibility index (Phi) is 3.99. The van der Waals surface area contributed by atoms with Gasteiger partial charge in [-0.05, 0) is 43.7 Å². The summed E-state index contributed by atoms with van der Waals surface area (Å²) in [6, 6.07) is 11.3. The van der Waals surface area contributed by atoms with Gasteiger partial charge in [0, 0.05) is 11.3 Å². The van der Waals surface area contributed by atoms with Crippen molar-refractivity contribution in [2.24, 2.45) is 0 Å². The molecule has 0 aliphatic carbocycles. The van der Waals surface area contributed by atoms with E-state index < -0.39 is 0 Å². The highest BCUT2D eigenvalue weighted by Crippen LogP contribution is 2.31. The van der Waals surface area contributed by atoms with E-state index in [0.29, 0.717) is 11.3 Å². The van der Waals surface area contributed by atoms with Gasteiger partial charge in [0.25, 0.3) is 0 Å². The molecule has 0 saturated heterocycles. The van der Waals surface area contributed by atoms with Gasteiger partial charge in [-0.2, -0.15) is 0 Å². The summed E-state index contributed by atoms with van der Waals surface area (Å²) in [6.45, 7) is 7.98. The summed E-state index contributed by atoms with van der Waals surface area (Å²) in [7, 11) is 1.63. The fourth-order valence-electron chi connectivity index (χ4n) is 2.02. The quantitative estimate of drug-likeness (QED) is 0.878. The van der Waals surface area contributed by atoms with Crippen LogP contribution in [0, 0.1) is 13.8 Å². The highest BCUT2D eigenvalue weighted by molar-refractivity contribution is 5.80. The molecule has 2 rings (SSSR count). The lowest BCUT2D eigenvalue weighted by molar-refractivity contribution is 0.416. The first-order valence-electron chi connectivity index (χ1n) is 6.42. The molecule has 0 unspecified atom stereocenters. The fourth-order valence-corrected chi connectivity index (χ4v) is 2.02. The van der Waals surface area contributed by atoms with Gasteiger partial charge in [-0.3, -0.25) is 0 Å². The first-order chi connectivity index (χ1) is 9.51. The lowest BCUT2D eigenvalue weighted by Gasteiger charge is -2.15. The number of hydrogen-bond acceptors (Lipinski definition) is 3. The number of hydrogen-bond donors (Lipinski definition) is 2. The predicted molar refractivity (Wildman–Crippen MR) is 83.2 cm³/mol. The summed E-state index contributed by atoms with van der Waals surface area (Å²) in [5.74, 6) is 0.956. The van der Waals surface area contributed by atoms with Crippen LogP contribution in [-0.2, 0) is 0 Å². The molecular formula is C17H19NO2. The van der Waals surface area contributed by atoms with Crippen LogP contribution in [0.25, 0.3) is 5.70 Å². The van der Waals surface area contributed by atoms with Crippen molar-refractivity contribution >= 4 is 11.4 Å². The van der Waals surface area contributed by atoms with Crippen LogP contribution in [0.2, 0.25) is 0 Å². The van der Waals surface area contributed by atoms with Crippen molar-refractivity contribution in [3.8, 4) is 11.5 Å². The van der Waals surface area contributed by atoms with Crippen molar-refractivity contribution < 1.29 is 9.84 Å². The van der Waals surface area contributed by atoms with Gasteiger partial charge in [0.1, 0.15) is 11.5 Å². The topological polar surface area (TPSA) is 41.5 Å². The van der Waals surface area contributed by atoms with Crippen molar-refractivity contribution in [3.63, 3.8) is 0 Å². The van der Waals surface area contributed by atoms with Crippen LogP contribution in [0.5, 0.6) is 11.5 Å². The van der Waals surface area contributed by atoms with Gasteiger partial charge in [-0.25, -0.2) is 0 Å². The van der Waals surface area contributed by atoms with Crippen molar-refractivity contribution in [3.05, 3.63) is 59.7 Å². The number of benzene rings is 2. The minimum absolute atomic E-state index is 0.208. The molecule has 104 valence electrons. The second kappa shape index (κ2) is 5.70. The Labute approximate surface area is 119 Å². The number of aryl methyl sites for hydroxylation is 2. The maximum Gasteiger partial charge on any atom is 0.142 e. The van der Waals surface area contributed by atoms with Crippen LogP contribution < -0.4 is 10.1 Å². The Morgan fingerprint density at radius 2 is 1.75 bits per heavy atom. The normalized spacial score (nSPS) is 10.2. The lowest BCUT2D eigenvalue weighted by Crippen LogP contribution is -2.00. The molecule has 0 aliphatic rings. The van der Waals surface area contributed by atoms with Gasteiger partial charge in [0.2, 0.25) is 0 Å². The maximum absolute atomic E-state index is 9.92. The number of aromatic hydroxyl groups is 1. The summed E-state index contributed by atoms with van der Waals surface area (Å²) < 4.78 is 5.35. The first-order valence-corrected chi connectivity index (χ1v) is 6.42. The van der Waals surface area contributed by atoms with Crippen LogP contribution in [0.3, 0.4) is 0 Å². The third kappa shape index (κ3) is 2.94. The van der Waals surface area contributed by atoms with Crippen LogP contribution >= 0.6 is 0 Å². The number of nitrogens with one attached hydrogen (secondary N) is 1. The number of phenols is 1. The van der Waals surface area contributed by atoms with E-state index in [-0.39, 0.29) is 5.75 Å². The molecule has 0 aromatic heterocycles. The highest BCUT2D eigenvalue weighted by Gasteiger charge is 2.09. The van der Waals surface area contributed by atoms with Crippen molar-refractivity contribution in [1.82, 2.24) is 0 Å². The Morgan fingerprint density at radius 1 is 1.10 bits per heavy atom. The number of ether oxygens (including phenoxy) is 1. The van der Waals surface area contributed by atoms with Gasteiger partial charge in [0.05, 0.1) is 12.8 Å². The number of methoxy groups -OCH3 is 1. The molecule has 0 heterocycles. The van der Waals surface area contributed by atoms with Crippen molar-refractivity contribution in [2.75, 3.05) is 12.4 Å². The van der Waals surface area contributed by atoms with Crippen LogP contribution in [0.4, 0.5) is 5.69 Å². The summed E-state index contributed by atoms with van der Waals surface area (Å²) >= 11 is 0. The molecule has 0 atom stereocenters. The second-order valence-corrected chi connectivity index (χ2v) is 4.83. The van der Waals surface area contributed by atoms with E-state index in [0.717, 1.165) is 22.6 Å². The summed E-state index contributed by atoms with van der Waals surface area (Å²) in [6.07, 6.45) is 0. The van der Waals surface area contributed by atoms with E-state index in [2.05, 4.69) is 11.9 Å². The molecule has 3 heteroatoms. The first kappa shape index (κ1) is 14.0. The number of phenolic OH excluding ortho intramolecular Hbond substituents is 1. The third-order valence-electron chi connectivity index (χ3n) is 3.12. The Bertz CT molecular complexity index is 647. The minimum Gasteiger partial charge on any atom is -0.507 e. The molecule has 0 aliphatic heterocycles. The van der Waals surface area contributed by atoms with E-state index in [1.54, 1.807) is 13.2 Å². The van der Waals surface area contributed by atoms with Crippen LogP contribution in [-0.4, -0.2) is 12.2 Å². The Balaban J connectivity index is 2.30. The smallest absolute Gasteiger partial charge is 0.142 e. The molecule has 2 aromatic carbocycles. The summed E-state index contributed by atoms with van der Waals surface area (Å²) in [5, 5.41) is 13.1. The zero-order valence-electron chi connectivity index (χ0n) is 12.0. The Morgan fingerprint density at radius 3 is 2.45 bits per heavy atom. The fraction of sp³-hybridized carbons (Fsp3) is 0.176. The third-order valence-corrected chi connectivity index (χ3v) is 3.12. The van der Waals surface area contributed by atoms with Crippen LogP contribution in [0.15, 0.2) is 43.0 Å². The van der Waals surface area contributed by atoms with E-state index in [9.17, 15) is 5.11 Å². The Hall–Kier alpha value is -2.42. The highest BCUT2D eigenvalue weighted by atomic mass is 16.5. The van der Waals surface area contributed by atoms with Gasteiger partial charge in [-0.1, -0.05) is 24.3 Å². The van der Waals surface area contributed by atoms with Gasteiger partial charge >= 0.3 is 0 Å². The van der Waals surface area contributed by atoms with Gasteiger partial charge in [-0.15, -0.1) is 0 Å². The van der Waals surface area contributed by atoms with Crippen LogP contribution in [0.1, 0.15) is 16.7 Å². The zero-order valence-corrected chi connectivity index (χ0v) is 12.0. The van der Waals surface area contributed by atoms with Gasteiger partial charge in [0.15, 0.2) is 0 Å². The largest absolute Gasteiger partial charge is 0.507 e. The monoisotopic (exact) mass is 269 g/mol. The van der Waals surface area contributed by atoms with Crippen molar-refractivity contribution in [2.45, 2.75) is 13.8 Å². The minimum atomic E-state index is 0.208. The zero-order chi connectivity index (χ0) is 14.7. The number of anilines is 1. The molecule has 20 heavy (non-hydrogen) atoms. The SMILES string of the molecule is C=C(Nc1ccc(C)cc1OC)c1cc(C)ccc1O.